The molecule has 1 heterocycles. The second-order valence-electron chi connectivity index (χ2n) is 6.70. The molecule has 3 aromatic carbocycles. The molecule has 1 aromatic heterocycles. The summed E-state index contributed by atoms with van der Waals surface area (Å²) in [6.07, 6.45) is 0. The number of amides is 1. The zero-order valence-corrected chi connectivity index (χ0v) is 15.3. The number of halogens is 2. The Balaban J connectivity index is 1.69. The number of aromatic nitrogens is 2. The zero-order valence-electron chi connectivity index (χ0n) is 15.3. The molecule has 2 N–H and O–H groups in total. The fourth-order valence-electron chi connectivity index (χ4n) is 3.21. The van der Waals surface area contributed by atoms with Gasteiger partial charge in [0.15, 0.2) is 5.82 Å². The van der Waals surface area contributed by atoms with Crippen LogP contribution in [-0.4, -0.2) is 16.1 Å². The highest BCUT2D eigenvalue weighted by molar-refractivity contribution is 6.08. The van der Waals surface area contributed by atoms with Crippen LogP contribution in [0, 0.1) is 25.5 Å². The predicted molar refractivity (Wildman–Crippen MR) is 105 cm³/mol. The highest BCUT2D eigenvalue weighted by Crippen LogP contribution is 2.30. The molecule has 0 bridgehead atoms. The van der Waals surface area contributed by atoms with E-state index in [0.29, 0.717) is 10.9 Å². The summed E-state index contributed by atoms with van der Waals surface area (Å²) in [7, 11) is 0. The number of hydrogen-bond donors (Lipinski definition) is 2. The summed E-state index contributed by atoms with van der Waals surface area (Å²) in [4.78, 5) is 12.3. The molecular formula is C22H17F2N3O. The summed E-state index contributed by atoms with van der Waals surface area (Å²) in [5, 5.41) is 10.1. The number of rotatable bonds is 3. The molecule has 4 rings (SSSR count). The fraction of sp³-hybridized carbons (Fsp3) is 0.0909. The van der Waals surface area contributed by atoms with Gasteiger partial charge in [-0.3, -0.25) is 9.89 Å². The summed E-state index contributed by atoms with van der Waals surface area (Å²) in [6.45, 7) is 4.08. The minimum atomic E-state index is -0.922. The predicted octanol–water partition coefficient (Wildman–Crippen LogP) is 5.38. The van der Waals surface area contributed by atoms with E-state index >= 15 is 0 Å². The lowest BCUT2D eigenvalue weighted by Crippen LogP contribution is -2.16. The lowest BCUT2D eigenvalue weighted by Gasteiger charge is -2.08. The second kappa shape index (κ2) is 6.88. The van der Waals surface area contributed by atoms with Crippen LogP contribution in [-0.2, 0) is 0 Å². The monoisotopic (exact) mass is 377 g/mol. The lowest BCUT2D eigenvalue weighted by atomic mass is 9.98. The van der Waals surface area contributed by atoms with Gasteiger partial charge in [-0.1, -0.05) is 35.9 Å². The SMILES string of the molecule is Cc1ccc(C)c(-c2ccc3c(NC(=O)c4c(F)cccc4F)n[nH]c3c2)c1. The number of aromatic amines is 1. The molecule has 0 spiro atoms. The highest BCUT2D eigenvalue weighted by atomic mass is 19.1. The van der Waals surface area contributed by atoms with Crippen molar-refractivity contribution in [3.05, 3.63) is 82.9 Å². The van der Waals surface area contributed by atoms with Crippen molar-refractivity contribution in [3.8, 4) is 11.1 Å². The van der Waals surface area contributed by atoms with E-state index in [2.05, 4.69) is 33.7 Å². The van der Waals surface area contributed by atoms with E-state index in [4.69, 9.17) is 0 Å². The molecule has 0 saturated carbocycles. The first-order valence-corrected chi connectivity index (χ1v) is 8.75. The van der Waals surface area contributed by atoms with Gasteiger partial charge in [-0.2, -0.15) is 5.10 Å². The molecule has 0 unspecified atom stereocenters. The quantitative estimate of drug-likeness (QED) is 0.504. The normalized spacial score (nSPS) is 11.0. The number of aryl methyl sites for hydroxylation is 2. The molecule has 0 aliphatic carbocycles. The molecular weight excluding hydrogens is 360 g/mol. The Morgan fingerprint density at radius 2 is 1.75 bits per heavy atom. The topological polar surface area (TPSA) is 57.8 Å². The number of fused-ring (bicyclic) bond motifs is 1. The van der Waals surface area contributed by atoms with Crippen molar-refractivity contribution in [1.29, 1.82) is 0 Å². The minimum absolute atomic E-state index is 0.218. The van der Waals surface area contributed by atoms with E-state index in [0.717, 1.165) is 34.4 Å². The Kier molecular flexibility index (Phi) is 4.39. The molecule has 4 nitrogen and oxygen atoms in total. The third-order valence-electron chi connectivity index (χ3n) is 4.69. The maximum absolute atomic E-state index is 13.8. The molecule has 0 aliphatic heterocycles. The van der Waals surface area contributed by atoms with Gasteiger partial charge in [-0.25, -0.2) is 8.78 Å². The molecule has 140 valence electrons. The van der Waals surface area contributed by atoms with Crippen LogP contribution in [0.5, 0.6) is 0 Å². The van der Waals surface area contributed by atoms with Gasteiger partial charge in [0.2, 0.25) is 0 Å². The Morgan fingerprint density at radius 1 is 1.00 bits per heavy atom. The number of carbonyl (C=O) groups excluding carboxylic acids is 1. The Bertz CT molecular complexity index is 1190. The van der Waals surface area contributed by atoms with Crippen molar-refractivity contribution in [2.75, 3.05) is 5.32 Å². The Morgan fingerprint density at radius 3 is 2.50 bits per heavy atom. The van der Waals surface area contributed by atoms with Crippen molar-refractivity contribution in [3.63, 3.8) is 0 Å². The molecule has 0 atom stereocenters. The van der Waals surface area contributed by atoms with Gasteiger partial charge in [0.25, 0.3) is 5.91 Å². The number of anilines is 1. The Labute approximate surface area is 160 Å². The van der Waals surface area contributed by atoms with E-state index in [-0.39, 0.29) is 5.82 Å². The first-order valence-electron chi connectivity index (χ1n) is 8.75. The maximum Gasteiger partial charge on any atom is 0.262 e. The van der Waals surface area contributed by atoms with Gasteiger partial charge >= 0.3 is 0 Å². The molecule has 0 fully saturated rings. The first kappa shape index (κ1) is 17.9. The number of carbonyl (C=O) groups is 1. The van der Waals surface area contributed by atoms with Gasteiger partial charge in [-0.05, 0) is 54.8 Å². The van der Waals surface area contributed by atoms with Gasteiger partial charge in [0.1, 0.15) is 17.2 Å². The summed E-state index contributed by atoms with van der Waals surface area (Å²) in [5.74, 6) is -2.51. The van der Waals surface area contributed by atoms with Crippen molar-refractivity contribution in [2.24, 2.45) is 0 Å². The van der Waals surface area contributed by atoms with Crippen molar-refractivity contribution in [2.45, 2.75) is 13.8 Å². The van der Waals surface area contributed by atoms with Crippen LogP contribution in [0.25, 0.3) is 22.0 Å². The van der Waals surface area contributed by atoms with Crippen LogP contribution in [0.3, 0.4) is 0 Å². The van der Waals surface area contributed by atoms with Crippen molar-refractivity contribution in [1.82, 2.24) is 10.2 Å². The van der Waals surface area contributed by atoms with Crippen LogP contribution < -0.4 is 5.32 Å². The molecule has 0 saturated heterocycles. The second-order valence-corrected chi connectivity index (χ2v) is 6.70. The molecule has 28 heavy (non-hydrogen) atoms. The van der Waals surface area contributed by atoms with Gasteiger partial charge < -0.3 is 5.32 Å². The van der Waals surface area contributed by atoms with E-state index in [1.54, 1.807) is 0 Å². The Hall–Kier alpha value is -3.54. The van der Waals surface area contributed by atoms with E-state index in [9.17, 15) is 13.6 Å². The number of nitrogens with one attached hydrogen (secondary N) is 2. The number of hydrogen-bond acceptors (Lipinski definition) is 2. The standard InChI is InChI=1S/C22H17F2N3O/c1-12-6-7-13(2)16(10-12)14-8-9-15-19(11-14)26-27-21(15)25-22(28)20-17(23)4-3-5-18(20)24/h3-11H,1-2H3,(H2,25,26,27,28). The molecule has 4 aromatic rings. The van der Waals surface area contributed by atoms with E-state index < -0.39 is 23.1 Å². The largest absolute Gasteiger partial charge is 0.304 e. The van der Waals surface area contributed by atoms with Crippen LogP contribution in [0.1, 0.15) is 21.5 Å². The van der Waals surface area contributed by atoms with E-state index in [1.165, 1.54) is 6.07 Å². The molecule has 0 aliphatic rings. The van der Waals surface area contributed by atoms with Gasteiger partial charge in [0, 0.05) is 5.39 Å². The van der Waals surface area contributed by atoms with Crippen LogP contribution in [0.4, 0.5) is 14.6 Å². The third-order valence-corrected chi connectivity index (χ3v) is 4.69. The summed E-state index contributed by atoms with van der Waals surface area (Å²) >= 11 is 0. The number of nitrogens with zero attached hydrogens (tertiary/aromatic N) is 1. The smallest absolute Gasteiger partial charge is 0.262 e. The van der Waals surface area contributed by atoms with Crippen molar-refractivity contribution >= 4 is 22.6 Å². The lowest BCUT2D eigenvalue weighted by molar-refractivity contribution is 0.101. The summed E-state index contributed by atoms with van der Waals surface area (Å²) in [6, 6.07) is 15.2. The average Bonchev–Trinajstić information content (AvgIpc) is 3.05. The fourth-order valence-corrected chi connectivity index (χ4v) is 3.21. The third kappa shape index (κ3) is 3.13. The molecule has 1 amide bonds. The van der Waals surface area contributed by atoms with Crippen LogP contribution in [0.15, 0.2) is 54.6 Å². The summed E-state index contributed by atoms with van der Waals surface area (Å²) in [5.41, 5.74) is 4.50. The average molecular weight is 377 g/mol. The van der Waals surface area contributed by atoms with Gasteiger partial charge in [0.05, 0.1) is 5.52 Å². The van der Waals surface area contributed by atoms with Crippen LogP contribution >= 0.6 is 0 Å². The van der Waals surface area contributed by atoms with Gasteiger partial charge in [-0.15, -0.1) is 0 Å². The zero-order chi connectivity index (χ0) is 19.8. The number of H-pyrrole nitrogens is 1. The van der Waals surface area contributed by atoms with Crippen LogP contribution in [0.2, 0.25) is 0 Å². The summed E-state index contributed by atoms with van der Waals surface area (Å²) < 4.78 is 27.7. The highest BCUT2D eigenvalue weighted by Gasteiger charge is 2.19. The molecule has 0 radical (unpaired) electrons. The first-order chi connectivity index (χ1) is 13.4. The minimum Gasteiger partial charge on any atom is -0.304 e. The maximum atomic E-state index is 13.8. The van der Waals surface area contributed by atoms with E-state index in [1.807, 2.05) is 32.0 Å². The van der Waals surface area contributed by atoms with Crippen molar-refractivity contribution < 1.29 is 13.6 Å². The number of benzene rings is 3. The molecule has 6 heteroatoms.